The molecule has 0 fully saturated rings. The highest BCUT2D eigenvalue weighted by Gasteiger charge is 2.44. The Kier molecular flexibility index (Phi) is 5.09. The van der Waals surface area contributed by atoms with Crippen LogP contribution in [0, 0.1) is 17.2 Å². The third kappa shape index (κ3) is 3.47. The van der Waals surface area contributed by atoms with Crippen molar-refractivity contribution in [1.82, 2.24) is 0 Å². The van der Waals surface area contributed by atoms with E-state index in [1.807, 2.05) is 50.2 Å². The Bertz CT molecular complexity index is 938. The second-order valence-corrected chi connectivity index (χ2v) is 6.93. The van der Waals surface area contributed by atoms with Crippen LogP contribution in [-0.2, 0) is 9.59 Å². The molecule has 1 unspecified atom stereocenters. The highest BCUT2D eigenvalue weighted by atomic mass is 16.3. The predicted octanol–water partition coefficient (Wildman–Crippen LogP) is 4.07. The summed E-state index contributed by atoms with van der Waals surface area (Å²) < 4.78 is 0. The van der Waals surface area contributed by atoms with Crippen molar-refractivity contribution < 1.29 is 14.7 Å². The van der Waals surface area contributed by atoms with Gasteiger partial charge in [-0.2, -0.15) is 5.26 Å². The van der Waals surface area contributed by atoms with E-state index in [0.717, 1.165) is 5.56 Å². The van der Waals surface area contributed by atoms with Gasteiger partial charge in [-0.05, 0) is 35.7 Å². The Morgan fingerprint density at radius 3 is 2.33 bits per heavy atom. The second-order valence-electron chi connectivity index (χ2n) is 6.93. The molecule has 3 rings (SSSR count). The van der Waals surface area contributed by atoms with Crippen LogP contribution in [0.25, 0.3) is 0 Å². The molecule has 5 heteroatoms. The summed E-state index contributed by atoms with van der Waals surface area (Å²) in [5.74, 6) is -1.24. The lowest BCUT2D eigenvalue weighted by Gasteiger charge is -2.27. The summed E-state index contributed by atoms with van der Waals surface area (Å²) in [4.78, 5) is 27.1. The fourth-order valence-corrected chi connectivity index (χ4v) is 3.28. The standard InChI is InChI=1S/C22H20N2O3/c1-14(2)12-18(25)19-20(16-6-4-3-5-7-16)24(22(27)21(19)26)17-10-8-15(13-23)9-11-17/h3-11,14,20,26H,12H2,1-2H3. The van der Waals surface area contributed by atoms with Crippen molar-refractivity contribution in [3.8, 4) is 6.07 Å². The molecule has 2 aromatic carbocycles. The number of carbonyl (C=O) groups is 2. The largest absolute Gasteiger partial charge is 0.503 e. The number of rotatable bonds is 5. The number of benzene rings is 2. The minimum absolute atomic E-state index is 0.105. The van der Waals surface area contributed by atoms with Crippen LogP contribution in [0.5, 0.6) is 0 Å². The van der Waals surface area contributed by atoms with E-state index in [4.69, 9.17) is 5.26 Å². The van der Waals surface area contributed by atoms with Crippen LogP contribution < -0.4 is 4.90 Å². The molecule has 5 nitrogen and oxygen atoms in total. The zero-order valence-corrected chi connectivity index (χ0v) is 15.2. The number of Topliss-reactive ketones (excluding diaryl/α,β-unsaturated/α-hetero) is 1. The fraction of sp³-hybridized carbons (Fsp3) is 0.227. The van der Waals surface area contributed by atoms with Crippen molar-refractivity contribution in [3.63, 3.8) is 0 Å². The maximum Gasteiger partial charge on any atom is 0.294 e. The van der Waals surface area contributed by atoms with Gasteiger partial charge in [0, 0.05) is 12.1 Å². The maximum absolute atomic E-state index is 12.8. The minimum atomic E-state index is -0.696. The number of amides is 1. The first-order valence-corrected chi connectivity index (χ1v) is 8.79. The van der Waals surface area contributed by atoms with E-state index in [1.54, 1.807) is 24.3 Å². The summed E-state index contributed by atoms with van der Waals surface area (Å²) in [6, 6.07) is 17.0. The lowest BCUT2D eigenvalue weighted by molar-refractivity contribution is -0.118. The van der Waals surface area contributed by atoms with Gasteiger partial charge < -0.3 is 5.11 Å². The molecule has 0 saturated carbocycles. The van der Waals surface area contributed by atoms with Crippen LogP contribution in [0.2, 0.25) is 0 Å². The summed E-state index contributed by atoms with van der Waals surface area (Å²) >= 11 is 0. The summed E-state index contributed by atoms with van der Waals surface area (Å²) in [6.07, 6.45) is 0.247. The van der Waals surface area contributed by atoms with Gasteiger partial charge in [-0.3, -0.25) is 14.5 Å². The molecule has 1 N–H and O–H groups in total. The second kappa shape index (κ2) is 7.46. The van der Waals surface area contributed by atoms with E-state index in [2.05, 4.69) is 0 Å². The summed E-state index contributed by atoms with van der Waals surface area (Å²) in [7, 11) is 0. The zero-order chi connectivity index (χ0) is 19.6. The third-order valence-electron chi connectivity index (χ3n) is 4.49. The first-order valence-electron chi connectivity index (χ1n) is 8.79. The van der Waals surface area contributed by atoms with Crippen molar-refractivity contribution in [3.05, 3.63) is 77.1 Å². The smallest absolute Gasteiger partial charge is 0.294 e. The zero-order valence-electron chi connectivity index (χ0n) is 15.2. The van der Waals surface area contributed by atoms with Gasteiger partial charge in [-0.15, -0.1) is 0 Å². The molecule has 2 aromatic rings. The van der Waals surface area contributed by atoms with E-state index >= 15 is 0 Å². The van der Waals surface area contributed by atoms with Gasteiger partial charge >= 0.3 is 0 Å². The topological polar surface area (TPSA) is 81.4 Å². The SMILES string of the molecule is CC(C)CC(=O)C1=C(O)C(=O)N(c2ccc(C#N)cc2)C1c1ccccc1. The normalized spacial score (nSPS) is 16.7. The van der Waals surface area contributed by atoms with Gasteiger partial charge in [0.2, 0.25) is 0 Å². The number of anilines is 1. The van der Waals surface area contributed by atoms with Crippen LogP contribution in [0.3, 0.4) is 0 Å². The van der Waals surface area contributed by atoms with Crippen LogP contribution in [0.4, 0.5) is 5.69 Å². The van der Waals surface area contributed by atoms with E-state index in [0.29, 0.717) is 11.3 Å². The molecule has 0 aliphatic carbocycles. The molecule has 0 bridgehead atoms. The highest BCUT2D eigenvalue weighted by Crippen LogP contribution is 2.41. The van der Waals surface area contributed by atoms with E-state index in [1.165, 1.54) is 4.90 Å². The average Bonchev–Trinajstić information content (AvgIpc) is 2.93. The molecule has 27 heavy (non-hydrogen) atoms. The molecule has 136 valence electrons. The monoisotopic (exact) mass is 360 g/mol. The van der Waals surface area contributed by atoms with E-state index in [9.17, 15) is 14.7 Å². The maximum atomic E-state index is 12.8. The molecule has 1 aliphatic heterocycles. The van der Waals surface area contributed by atoms with Crippen LogP contribution in [0.15, 0.2) is 65.9 Å². The van der Waals surface area contributed by atoms with Crippen molar-refractivity contribution >= 4 is 17.4 Å². The number of hydrogen-bond donors (Lipinski definition) is 1. The van der Waals surface area contributed by atoms with Gasteiger partial charge in [0.05, 0.1) is 23.2 Å². The van der Waals surface area contributed by atoms with Gasteiger partial charge in [-0.25, -0.2) is 0 Å². The molecule has 0 radical (unpaired) electrons. The Labute approximate surface area is 158 Å². The molecule has 1 atom stereocenters. The third-order valence-corrected chi connectivity index (χ3v) is 4.49. The number of ketones is 1. The number of carbonyl (C=O) groups excluding carboxylic acids is 2. The van der Waals surface area contributed by atoms with Crippen molar-refractivity contribution in [2.45, 2.75) is 26.3 Å². The molecular weight excluding hydrogens is 340 g/mol. The number of aliphatic hydroxyl groups is 1. The van der Waals surface area contributed by atoms with Crippen molar-refractivity contribution in [2.24, 2.45) is 5.92 Å². The predicted molar refractivity (Wildman–Crippen MR) is 102 cm³/mol. The lowest BCUT2D eigenvalue weighted by atomic mass is 9.92. The summed E-state index contributed by atoms with van der Waals surface area (Å²) in [5.41, 5.74) is 1.86. The molecule has 1 amide bonds. The van der Waals surface area contributed by atoms with Crippen molar-refractivity contribution in [1.29, 1.82) is 5.26 Å². The van der Waals surface area contributed by atoms with E-state index in [-0.39, 0.29) is 23.7 Å². The first kappa shape index (κ1) is 18.4. The molecule has 1 aliphatic rings. The number of hydrogen-bond acceptors (Lipinski definition) is 4. The molecule has 1 heterocycles. The van der Waals surface area contributed by atoms with Gasteiger partial charge in [0.1, 0.15) is 0 Å². The van der Waals surface area contributed by atoms with Gasteiger partial charge in [-0.1, -0.05) is 44.2 Å². The fourth-order valence-electron chi connectivity index (χ4n) is 3.28. The Morgan fingerprint density at radius 2 is 1.78 bits per heavy atom. The summed E-state index contributed by atoms with van der Waals surface area (Å²) in [6.45, 7) is 3.84. The molecule has 0 saturated heterocycles. The van der Waals surface area contributed by atoms with E-state index < -0.39 is 17.7 Å². The number of nitriles is 1. The van der Waals surface area contributed by atoms with Gasteiger partial charge in [0.25, 0.3) is 5.91 Å². The van der Waals surface area contributed by atoms with Gasteiger partial charge in [0.15, 0.2) is 11.5 Å². The van der Waals surface area contributed by atoms with Crippen molar-refractivity contribution in [2.75, 3.05) is 4.90 Å². The first-order chi connectivity index (χ1) is 12.9. The lowest BCUT2D eigenvalue weighted by Crippen LogP contribution is -2.31. The average molecular weight is 360 g/mol. The van der Waals surface area contributed by atoms with Crippen LogP contribution >= 0.6 is 0 Å². The highest BCUT2D eigenvalue weighted by molar-refractivity contribution is 6.16. The van der Waals surface area contributed by atoms with Crippen LogP contribution in [0.1, 0.15) is 37.4 Å². The summed E-state index contributed by atoms with van der Waals surface area (Å²) in [5, 5.41) is 19.5. The quantitative estimate of drug-likeness (QED) is 0.871. The molecular formula is C22H20N2O3. The number of aliphatic hydroxyl groups excluding tert-OH is 1. The van der Waals surface area contributed by atoms with Crippen LogP contribution in [-0.4, -0.2) is 16.8 Å². The Balaban J connectivity index is 2.12. The Morgan fingerprint density at radius 1 is 1.15 bits per heavy atom. The Hall–Kier alpha value is -3.39. The minimum Gasteiger partial charge on any atom is -0.503 e. The molecule has 0 spiro atoms. The number of nitrogens with zero attached hydrogens (tertiary/aromatic N) is 2. The molecule has 0 aromatic heterocycles.